The standard InChI is InChI=1S/C20H23FN2O3/c1-13(20(25)9-10-20)23-19(24)17-12-16(6-7-18(17)21)26-15-4-2-14(3-5-15)8-11-22/h2-7,12-13,25H,8-11,22H2,1H3,(H,23,24). The smallest absolute Gasteiger partial charge is 0.254 e. The summed E-state index contributed by atoms with van der Waals surface area (Å²) in [6.45, 7) is 2.29. The molecular weight excluding hydrogens is 335 g/mol. The Balaban J connectivity index is 1.71. The highest BCUT2D eigenvalue weighted by Gasteiger charge is 2.46. The molecule has 1 aliphatic rings. The topological polar surface area (TPSA) is 84.6 Å². The summed E-state index contributed by atoms with van der Waals surface area (Å²) in [6, 6.07) is 11.0. The van der Waals surface area contributed by atoms with Gasteiger partial charge in [-0.25, -0.2) is 4.39 Å². The van der Waals surface area contributed by atoms with E-state index < -0.39 is 23.4 Å². The highest BCUT2D eigenvalue weighted by molar-refractivity contribution is 5.95. The second kappa shape index (κ2) is 7.43. The Morgan fingerprint density at radius 3 is 2.54 bits per heavy atom. The number of hydrogen-bond donors (Lipinski definition) is 3. The SMILES string of the molecule is CC(NC(=O)c1cc(Oc2ccc(CCN)cc2)ccc1F)C1(O)CC1. The lowest BCUT2D eigenvalue weighted by Crippen LogP contribution is -2.42. The van der Waals surface area contributed by atoms with Crippen LogP contribution in [-0.2, 0) is 6.42 Å². The Morgan fingerprint density at radius 2 is 1.92 bits per heavy atom. The zero-order chi connectivity index (χ0) is 18.7. The van der Waals surface area contributed by atoms with Gasteiger partial charge in [0.1, 0.15) is 17.3 Å². The fourth-order valence-electron chi connectivity index (χ4n) is 2.74. The summed E-state index contributed by atoms with van der Waals surface area (Å²) in [5.74, 6) is -0.257. The van der Waals surface area contributed by atoms with Crippen LogP contribution in [0.4, 0.5) is 4.39 Å². The average Bonchev–Trinajstić information content (AvgIpc) is 3.37. The number of benzene rings is 2. The van der Waals surface area contributed by atoms with Crippen molar-refractivity contribution in [1.29, 1.82) is 0 Å². The van der Waals surface area contributed by atoms with Crippen molar-refractivity contribution in [2.75, 3.05) is 6.54 Å². The summed E-state index contributed by atoms with van der Waals surface area (Å²) in [7, 11) is 0. The molecule has 138 valence electrons. The summed E-state index contributed by atoms with van der Waals surface area (Å²) in [6.07, 6.45) is 2.06. The van der Waals surface area contributed by atoms with Crippen molar-refractivity contribution in [3.63, 3.8) is 0 Å². The van der Waals surface area contributed by atoms with Crippen molar-refractivity contribution in [2.24, 2.45) is 5.73 Å². The molecule has 0 bridgehead atoms. The van der Waals surface area contributed by atoms with Crippen LogP contribution in [0.1, 0.15) is 35.7 Å². The van der Waals surface area contributed by atoms with Gasteiger partial charge >= 0.3 is 0 Å². The molecule has 1 unspecified atom stereocenters. The van der Waals surface area contributed by atoms with E-state index in [1.807, 2.05) is 12.1 Å². The van der Waals surface area contributed by atoms with Crippen molar-refractivity contribution in [3.8, 4) is 11.5 Å². The summed E-state index contributed by atoms with van der Waals surface area (Å²) < 4.78 is 19.8. The van der Waals surface area contributed by atoms with E-state index >= 15 is 0 Å². The molecule has 0 aromatic heterocycles. The molecule has 6 heteroatoms. The van der Waals surface area contributed by atoms with Gasteiger partial charge in [-0.05, 0) is 68.6 Å². The van der Waals surface area contributed by atoms with E-state index in [1.54, 1.807) is 19.1 Å². The van der Waals surface area contributed by atoms with Gasteiger partial charge in [-0.1, -0.05) is 12.1 Å². The maximum atomic E-state index is 14.1. The summed E-state index contributed by atoms with van der Waals surface area (Å²) >= 11 is 0. The number of amides is 1. The molecule has 1 atom stereocenters. The number of carbonyl (C=O) groups is 1. The highest BCUT2D eigenvalue weighted by Crippen LogP contribution is 2.38. The molecule has 4 N–H and O–H groups in total. The molecule has 0 spiro atoms. The third-order valence-corrected chi connectivity index (χ3v) is 4.69. The number of hydrogen-bond acceptors (Lipinski definition) is 4. The maximum Gasteiger partial charge on any atom is 0.254 e. The van der Waals surface area contributed by atoms with Gasteiger partial charge in [0.25, 0.3) is 5.91 Å². The lowest BCUT2D eigenvalue weighted by atomic mass is 10.1. The molecule has 0 saturated heterocycles. The second-order valence-electron chi connectivity index (χ2n) is 6.73. The fraction of sp³-hybridized carbons (Fsp3) is 0.350. The third-order valence-electron chi connectivity index (χ3n) is 4.69. The van der Waals surface area contributed by atoms with Crippen LogP contribution in [0.15, 0.2) is 42.5 Å². The van der Waals surface area contributed by atoms with Gasteiger partial charge in [-0.2, -0.15) is 0 Å². The molecule has 3 rings (SSSR count). The Morgan fingerprint density at radius 1 is 1.27 bits per heavy atom. The number of rotatable bonds is 7. The zero-order valence-electron chi connectivity index (χ0n) is 14.7. The van der Waals surface area contributed by atoms with Gasteiger partial charge in [-0.3, -0.25) is 4.79 Å². The number of carbonyl (C=O) groups excluding carboxylic acids is 1. The maximum absolute atomic E-state index is 14.1. The first kappa shape index (κ1) is 18.4. The molecular formula is C20H23FN2O3. The van der Waals surface area contributed by atoms with Crippen molar-refractivity contribution in [1.82, 2.24) is 5.32 Å². The van der Waals surface area contributed by atoms with Crippen LogP contribution in [0.5, 0.6) is 11.5 Å². The molecule has 1 amide bonds. The van der Waals surface area contributed by atoms with Gasteiger partial charge in [0.15, 0.2) is 0 Å². The van der Waals surface area contributed by atoms with Crippen molar-refractivity contribution in [2.45, 2.75) is 37.8 Å². The first-order chi connectivity index (χ1) is 12.4. The van der Waals surface area contributed by atoms with Gasteiger partial charge in [0.2, 0.25) is 0 Å². The normalized spacial score (nSPS) is 16.0. The van der Waals surface area contributed by atoms with Gasteiger partial charge < -0.3 is 20.9 Å². The van der Waals surface area contributed by atoms with Crippen LogP contribution in [0, 0.1) is 5.82 Å². The van der Waals surface area contributed by atoms with Gasteiger partial charge in [0, 0.05) is 0 Å². The highest BCUT2D eigenvalue weighted by atomic mass is 19.1. The molecule has 2 aromatic carbocycles. The summed E-state index contributed by atoms with van der Waals surface area (Å²) in [5, 5.41) is 12.7. The van der Waals surface area contributed by atoms with E-state index in [2.05, 4.69) is 5.32 Å². The molecule has 0 aliphatic heterocycles. The predicted octanol–water partition coefficient (Wildman–Crippen LogP) is 2.76. The first-order valence-electron chi connectivity index (χ1n) is 8.71. The van der Waals surface area contributed by atoms with Gasteiger partial charge in [0.05, 0.1) is 17.2 Å². The number of nitrogens with one attached hydrogen (secondary N) is 1. The number of halogens is 1. The average molecular weight is 358 g/mol. The first-order valence-corrected chi connectivity index (χ1v) is 8.71. The third kappa shape index (κ3) is 4.20. The van der Waals surface area contributed by atoms with Crippen LogP contribution >= 0.6 is 0 Å². The predicted molar refractivity (Wildman–Crippen MR) is 96.8 cm³/mol. The largest absolute Gasteiger partial charge is 0.457 e. The monoisotopic (exact) mass is 358 g/mol. The molecule has 26 heavy (non-hydrogen) atoms. The van der Waals surface area contributed by atoms with Crippen LogP contribution in [-0.4, -0.2) is 29.2 Å². The molecule has 0 radical (unpaired) electrons. The van der Waals surface area contributed by atoms with Crippen LogP contribution in [0.25, 0.3) is 0 Å². The number of nitrogens with two attached hydrogens (primary N) is 1. The minimum absolute atomic E-state index is 0.113. The van der Waals surface area contributed by atoms with Crippen molar-refractivity contribution < 1.29 is 19.0 Å². The Hall–Kier alpha value is -2.44. The Kier molecular flexibility index (Phi) is 5.25. The van der Waals surface area contributed by atoms with Crippen molar-refractivity contribution in [3.05, 3.63) is 59.4 Å². The zero-order valence-corrected chi connectivity index (χ0v) is 14.7. The molecule has 5 nitrogen and oxygen atoms in total. The van der Waals surface area contributed by atoms with E-state index in [9.17, 15) is 14.3 Å². The Bertz CT molecular complexity index is 788. The molecule has 1 aliphatic carbocycles. The lowest BCUT2D eigenvalue weighted by molar-refractivity contribution is 0.0790. The van der Waals surface area contributed by atoms with Gasteiger partial charge in [-0.15, -0.1) is 0 Å². The van der Waals surface area contributed by atoms with Crippen LogP contribution < -0.4 is 15.8 Å². The lowest BCUT2D eigenvalue weighted by Gasteiger charge is -2.19. The molecule has 0 heterocycles. The van der Waals surface area contributed by atoms with Crippen LogP contribution in [0.2, 0.25) is 0 Å². The summed E-state index contributed by atoms with van der Waals surface area (Å²) in [4.78, 5) is 12.3. The fourth-order valence-corrected chi connectivity index (χ4v) is 2.74. The summed E-state index contributed by atoms with van der Waals surface area (Å²) in [5.41, 5.74) is 5.65. The van der Waals surface area contributed by atoms with Crippen LogP contribution in [0.3, 0.4) is 0 Å². The molecule has 1 saturated carbocycles. The quantitative estimate of drug-likeness (QED) is 0.711. The van der Waals surface area contributed by atoms with Crippen molar-refractivity contribution >= 4 is 5.91 Å². The molecule has 1 fully saturated rings. The van der Waals surface area contributed by atoms with E-state index in [4.69, 9.17) is 10.5 Å². The second-order valence-corrected chi connectivity index (χ2v) is 6.73. The minimum atomic E-state index is -0.870. The van der Waals surface area contributed by atoms with E-state index in [0.717, 1.165) is 12.0 Å². The Labute approximate surface area is 152 Å². The number of aliphatic hydroxyl groups is 1. The number of ether oxygens (including phenoxy) is 1. The van der Waals surface area contributed by atoms with E-state index in [0.29, 0.717) is 30.9 Å². The minimum Gasteiger partial charge on any atom is -0.457 e. The van der Waals surface area contributed by atoms with E-state index in [-0.39, 0.29) is 5.56 Å². The van der Waals surface area contributed by atoms with E-state index in [1.165, 1.54) is 18.2 Å². The molecule has 2 aromatic rings.